The summed E-state index contributed by atoms with van der Waals surface area (Å²) in [6, 6.07) is -0.716. The van der Waals surface area contributed by atoms with E-state index in [0.717, 1.165) is 12.8 Å². The number of rotatable bonds is 3. The SMILES string of the molecule is CC.CC.CC(=O)C1CCCN1C(=O)C(N)C(C)C. The van der Waals surface area contributed by atoms with E-state index in [0.29, 0.717) is 6.54 Å². The highest BCUT2D eigenvalue weighted by atomic mass is 16.2. The van der Waals surface area contributed by atoms with E-state index >= 15 is 0 Å². The van der Waals surface area contributed by atoms with E-state index in [1.807, 2.05) is 41.5 Å². The number of hydrogen-bond donors (Lipinski definition) is 1. The fraction of sp³-hybridized carbons (Fsp3) is 0.867. The lowest BCUT2D eigenvalue weighted by Crippen LogP contribution is -2.50. The van der Waals surface area contributed by atoms with Crippen molar-refractivity contribution in [3.05, 3.63) is 0 Å². The molecule has 1 aliphatic rings. The molecule has 4 heteroatoms. The molecule has 0 bridgehead atoms. The Morgan fingerprint density at radius 2 is 1.63 bits per heavy atom. The third-order valence-corrected chi connectivity index (χ3v) is 3.01. The second-order valence-electron chi connectivity index (χ2n) is 4.57. The largest absolute Gasteiger partial charge is 0.331 e. The minimum atomic E-state index is -0.482. The van der Waals surface area contributed by atoms with Crippen LogP contribution in [0.5, 0.6) is 0 Å². The van der Waals surface area contributed by atoms with Gasteiger partial charge in [0.25, 0.3) is 0 Å². The van der Waals surface area contributed by atoms with E-state index in [1.54, 1.807) is 4.90 Å². The highest BCUT2D eigenvalue weighted by Gasteiger charge is 2.34. The Morgan fingerprint density at radius 3 is 2.00 bits per heavy atom. The van der Waals surface area contributed by atoms with Crippen LogP contribution in [-0.2, 0) is 9.59 Å². The highest BCUT2D eigenvalue weighted by molar-refractivity contribution is 5.90. The zero-order chi connectivity index (χ0) is 15.6. The smallest absolute Gasteiger partial charge is 0.240 e. The van der Waals surface area contributed by atoms with E-state index in [2.05, 4.69) is 0 Å². The van der Waals surface area contributed by atoms with Crippen LogP contribution in [0, 0.1) is 5.92 Å². The van der Waals surface area contributed by atoms with Crippen molar-refractivity contribution in [2.45, 2.75) is 73.4 Å². The van der Waals surface area contributed by atoms with Crippen LogP contribution < -0.4 is 5.73 Å². The van der Waals surface area contributed by atoms with Gasteiger partial charge in [-0.15, -0.1) is 0 Å². The molecule has 1 aliphatic heterocycles. The summed E-state index contributed by atoms with van der Waals surface area (Å²) in [6.45, 7) is 14.0. The maximum absolute atomic E-state index is 12.0. The van der Waals surface area contributed by atoms with Gasteiger partial charge in [0.15, 0.2) is 5.78 Å². The van der Waals surface area contributed by atoms with Crippen molar-refractivity contribution >= 4 is 11.7 Å². The summed E-state index contributed by atoms with van der Waals surface area (Å²) in [6.07, 6.45) is 1.69. The minimum absolute atomic E-state index is 0.0665. The summed E-state index contributed by atoms with van der Waals surface area (Å²) in [5.74, 6) is 0.102. The maximum atomic E-state index is 12.0. The average molecular weight is 272 g/mol. The molecule has 1 amide bonds. The van der Waals surface area contributed by atoms with Gasteiger partial charge in [0.2, 0.25) is 5.91 Å². The molecule has 0 aromatic heterocycles. The van der Waals surface area contributed by atoms with Crippen molar-refractivity contribution in [1.29, 1.82) is 0 Å². The fourth-order valence-corrected chi connectivity index (χ4v) is 1.93. The predicted molar refractivity (Wildman–Crippen MR) is 80.9 cm³/mol. The van der Waals surface area contributed by atoms with Gasteiger partial charge < -0.3 is 10.6 Å². The van der Waals surface area contributed by atoms with Crippen LogP contribution in [0.3, 0.4) is 0 Å². The van der Waals surface area contributed by atoms with Gasteiger partial charge in [-0.05, 0) is 25.7 Å². The minimum Gasteiger partial charge on any atom is -0.331 e. The van der Waals surface area contributed by atoms with Gasteiger partial charge in [0.05, 0.1) is 12.1 Å². The number of amides is 1. The van der Waals surface area contributed by atoms with Gasteiger partial charge in [-0.2, -0.15) is 0 Å². The number of likely N-dealkylation sites (tertiary alicyclic amines) is 1. The lowest BCUT2D eigenvalue weighted by Gasteiger charge is -2.27. The van der Waals surface area contributed by atoms with Gasteiger partial charge in [-0.3, -0.25) is 9.59 Å². The molecule has 0 radical (unpaired) electrons. The van der Waals surface area contributed by atoms with Crippen molar-refractivity contribution in [1.82, 2.24) is 4.90 Å². The van der Waals surface area contributed by atoms with Gasteiger partial charge in [-0.1, -0.05) is 41.5 Å². The fourth-order valence-electron chi connectivity index (χ4n) is 1.93. The number of nitrogens with zero attached hydrogens (tertiary/aromatic N) is 1. The molecule has 0 spiro atoms. The molecule has 1 rings (SSSR count). The van der Waals surface area contributed by atoms with Crippen LogP contribution in [-0.4, -0.2) is 35.2 Å². The first-order valence-corrected chi connectivity index (χ1v) is 7.51. The molecule has 1 saturated heterocycles. The first-order chi connectivity index (χ1) is 8.95. The Kier molecular flexibility index (Phi) is 11.8. The first-order valence-electron chi connectivity index (χ1n) is 7.51. The molecule has 1 heterocycles. The van der Waals surface area contributed by atoms with Crippen molar-refractivity contribution in [2.75, 3.05) is 6.54 Å². The van der Waals surface area contributed by atoms with E-state index < -0.39 is 6.04 Å². The Bertz CT molecular complexity index is 265. The lowest BCUT2D eigenvalue weighted by atomic mass is 10.0. The van der Waals surface area contributed by atoms with Crippen molar-refractivity contribution in [3.63, 3.8) is 0 Å². The number of nitrogens with two attached hydrogens (primary N) is 1. The third-order valence-electron chi connectivity index (χ3n) is 3.01. The molecule has 0 aliphatic carbocycles. The van der Waals surface area contributed by atoms with Crippen molar-refractivity contribution < 1.29 is 9.59 Å². The number of carbonyl (C=O) groups excluding carboxylic acids is 2. The van der Waals surface area contributed by atoms with Crippen LogP contribution in [0.25, 0.3) is 0 Å². The Labute approximate surface area is 118 Å². The Hall–Kier alpha value is -0.900. The molecular formula is C15H32N2O2. The Balaban J connectivity index is 0. The normalized spacial score (nSPS) is 19.0. The number of ketones is 1. The third kappa shape index (κ3) is 6.19. The van der Waals surface area contributed by atoms with Crippen LogP contribution in [0.15, 0.2) is 0 Å². The molecule has 0 aromatic carbocycles. The molecule has 19 heavy (non-hydrogen) atoms. The highest BCUT2D eigenvalue weighted by Crippen LogP contribution is 2.19. The van der Waals surface area contributed by atoms with Crippen LogP contribution in [0.4, 0.5) is 0 Å². The zero-order valence-corrected chi connectivity index (χ0v) is 13.7. The van der Waals surface area contributed by atoms with Gasteiger partial charge in [0.1, 0.15) is 0 Å². The quantitative estimate of drug-likeness (QED) is 0.859. The van der Waals surface area contributed by atoms with E-state index in [-0.39, 0.29) is 23.7 Å². The molecular weight excluding hydrogens is 240 g/mol. The summed E-state index contributed by atoms with van der Waals surface area (Å²) in [5, 5.41) is 0. The second kappa shape index (κ2) is 11.0. The first kappa shape index (κ1) is 20.4. The van der Waals surface area contributed by atoms with Crippen molar-refractivity contribution in [3.8, 4) is 0 Å². The number of Topliss-reactive ketones (excluding diaryl/α,β-unsaturated/α-hetero) is 1. The van der Waals surface area contributed by atoms with Crippen LogP contribution >= 0.6 is 0 Å². The molecule has 0 saturated carbocycles. The predicted octanol–water partition coefficient (Wildman–Crippen LogP) is 2.60. The molecule has 2 atom stereocenters. The molecule has 2 unspecified atom stereocenters. The summed E-state index contributed by atoms with van der Waals surface area (Å²) < 4.78 is 0. The topological polar surface area (TPSA) is 63.4 Å². The summed E-state index contributed by atoms with van der Waals surface area (Å²) >= 11 is 0. The number of carbonyl (C=O) groups is 2. The Morgan fingerprint density at radius 1 is 1.16 bits per heavy atom. The van der Waals surface area contributed by atoms with Crippen LogP contribution in [0.2, 0.25) is 0 Å². The molecule has 1 fully saturated rings. The maximum Gasteiger partial charge on any atom is 0.240 e. The average Bonchev–Trinajstić information content (AvgIpc) is 2.91. The van der Waals surface area contributed by atoms with Gasteiger partial charge in [-0.25, -0.2) is 0 Å². The monoisotopic (exact) mass is 272 g/mol. The van der Waals surface area contributed by atoms with E-state index in [9.17, 15) is 9.59 Å². The van der Waals surface area contributed by atoms with Gasteiger partial charge >= 0.3 is 0 Å². The summed E-state index contributed by atoms with van der Waals surface area (Å²) in [7, 11) is 0. The number of hydrogen-bond acceptors (Lipinski definition) is 3. The van der Waals surface area contributed by atoms with E-state index in [1.165, 1.54) is 6.92 Å². The summed E-state index contributed by atoms with van der Waals surface area (Å²) in [5.41, 5.74) is 5.80. The lowest BCUT2D eigenvalue weighted by molar-refractivity contribution is -0.138. The van der Waals surface area contributed by atoms with Gasteiger partial charge in [0, 0.05) is 6.54 Å². The molecule has 4 nitrogen and oxygen atoms in total. The zero-order valence-electron chi connectivity index (χ0n) is 13.7. The molecule has 2 N–H and O–H groups in total. The standard InChI is InChI=1S/C11H20N2O2.2C2H6/c1-7(2)10(12)11(15)13-6-4-5-9(13)8(3)14;2*1-2/h7,9-10H,4-6,12H2,1-3H3;2*1-2H3. The molecule has 0 aromatic rings. The second-order valence-corrected chi connectivity index (χ2v) is 4.57. The van der Waals surface area contributed by atoms with Crippen molar-refractivity contribution in [2.24, 2.45) is 11.7 Å². The summed E-state index contributed by atoms with van der Waals surface area (Å²) in [4.78, 5) is 24.9. The molecule has 114 valence electrons. The van der Waals surface area contributed by atoms with E-state index in [4.69, 9.17) is 5.73 Å². The van der Waals surface area contributed by atoms with Crippen LogP contribution in [0.1, 0.15) is 61.3 Å².